The molecule has 27 nitrogen and oxygen atoms in total. The minimum atomic E-state index is -1.63. The molecule has 1 fully saturated rings. The number of hydrogen-bond donors (Lipinski definition) is 15. The van der Waals surface area contributed by atoms with Crippen LogP contribution in [0, 0.1) is 0 Å². The van der Waals surface area contributed by atoms with Crippen molar-refractivity contribution in [3.63, 3.8) is 0 Å². The highest BCUT2D eigenvalue weighted by Gasteiger charge is 2.39. The van der Waals surface area contributed by atoms with Crippen molar-refractivity contribution in [3.8, 4) is 0 Å². The number of aliphatic imine (C=N–C) groups is 1. The number of aliphatic hydroxyl groups excluding tert-OH is 1. The second-order valence-electron chi connectivity index (χ2n) is 19.3. The Morgan fingerprint density at radius 2 is 1.10 bits per heavy atom. The maximum atomic E-state index is 14.2. The normalized spacial score (nSPS) is 15.9. The van der Waals surface area contributed by atoms with Gasteiger partial charge in [-0.15, -0.1) is 0 Å². The van der Waals surface area contributed by atoms with Crippen molar-refractivity contribution in [2.45, 2.75) is 145 Å². The van der Waals surface area contributed by atoms with E-state index in [-0.39, 0.29) is 77.1 Å². The van der Waals surface area contributed by atoms with Gasteiger partial charge < -0.3 is 86.3 Å². The summed E-state index contributed by atoms with van der Waals surface area (Å²) in [7, 11) is 0. The molecule has 0 aromatic heterocycles. The Balaban J connectivity index is 1.71. The molecular weight excluding hydrogens is 1030 g/mol. The number of rotatable bonds is 35. The number of nitrogens with one attached hydrogen (secondary N) is 8. The van der Waals surface area contributed by atoms with Crippen molar-refractivity contribution in [2.24, 2.45) is 33.7 Å². The predicted octanol–water partition coefficient (Wildman–Crippen LogP) is -4.27. The summed E-state index contributed by atoms with van der Waals surface area (Å²) >= 11 is 0. The van der Waals surface area contributed by atoms with Gasteiger partial charge >= 0.3 is 5.97 Å². The smallest absolute Gasteiger partial charge is 0.326 e. The number of benzene rings is 2. The molecule has 0 saturated carbocycles. The lowest BCUT2D eigenvalue weighted by atomic mass is 10.0. The molecule has 0 aliphatic carbocycles. The van der Waals surface area contributed by atoms with E-state index in [0.717, 1.165) is 5.56 Å². The Morgan fingerprint density at radius 1 is 0.608 bits per heavy atom. The van der Waals surface area contributed by atoms with Crippen molar-refractivity contribution < 1.29 is 58.2 Å². The molecule has 0 spiro atoms. The van der Waals surface area contributed by atoms with Gasteiger partial charge in [-0.05, 0) is 109 Å². The van der Waals surface area contributed by atoms with Crippen LogP contribution in [0.2, 0.25) is 0 Å². The molecule has 1 aliphatic heterocycles. The molecule has 2 aromatic carbocycles. The molecule has 2 aromatic rings. The Morgan fingerprint density at radius 3 is 1.65 bits per heavy atom. The van der Waals surface area contributed by atoms with Crippen molar-refractivity contribution >= 4 is 65.1 Å². The number of likely N-dealkylation sites (tertiary alicyclic amines) is 1. The highest BCUT2D eigenvalue weighted by atomic mass is 16.4. The van der Waals surface area contributed by atoms with Gasteiger partial charge in [-0.1, -0.05) is 60.7 Å². The molecule has 79 heavy (non-hydrogen) atoms. The molecule has 1 heterocycles. The van der Waals surface area contributed by atoms with Gasteiger partial charge in [-0.2, -0.15) is 0 Å². The van der Waals surface area contributed by atoms with Gasteiger partial charge in [0, 0.05) is 19.5 Å². The van der Waals surface area contributed by atoms with E-state index in [4.69, 9.17) is 28.7 Å². The highest BCUT2D eigenvalue weighted by Crippen LogP contribution is 2.20. The van der Waals surface area contributed by atoms with Crippen LogP contribution in [0.5, 0.6) is 0 Å². The second-order valence-corrected chi connectivity index (χ2v) is 19.3. The summed E-state index contributed by atoms with van der Waals surface area (Å²) in [5.41, 5.74) is 29.9. The number of carbonyl (C=O) groups excluding carboxylic acids is 9. The van der Waals surface area contributed by atoms with Gasteiger partial charge in [0.1, 0.15) is 42.3 Å². The lowest BCUT2D eigenvalue weighted by molar-refractivity contribution is -0.149. The first-order valence-corrected chi connectivity index (χ1v) is 26.5. The Hall–Kier alpha value is -7.75. The van der Waals surface area contributed by atoms with E-state index in [1.54, 1.807) is 54.6 Å². The first-order chi connectivity index (χ1) is 37.6. The van der Waals surface area contributed by atoms with E-state index in [1.807, 2.05) is 6.07 Å². The fraction of sp³-hybridized carbons (Fsp3) is 0.558. The van der Waals surface area contributed by atoms with Gasteiger partial charge in [-0.25, -0.2) is 4.79 Å². The third-order valence-electron chi connectivity index (χ3n) is 12.8. The average molecular weight is 1110 g/mol. The maximum Gasteiger partial charge on any atom is 0.326 e. The lowest BCUT2D eigenvalue weighted by Crippen LogP contribution is -2.60. The van der Waals surface area contributed by atoms with Crippen molar-refractivity contribution in [1.82, 2.24) is 47.4 Å². The first kappa shape index (κ1) is 65.5. The zero-order valence-electron chi connectivity index (χ0n) is 45.0. The molecule has 0 bridgehead atoms. The number of nitrogens with two attached hydrogens (primary N) is 5. The van der Waals surface area contributed by atoms with Crippen LogP contribution in [0.15, 0.2) is 65.7 Å². The van der Waals surface area contributed by atoms with Crippen LogP contribution in [-0.2, 0) is 60.8 Å². The summed E-state index contributed by atoms with van der Waals surface area (Å²) in [4.78, 5) is 139. The van der Waals surface area contributed by atoms with Crippen LogP contribution in [0.1, 0.15) is 89.2 Å². The molecule has 3 rings (SSSR count). The fourth-order valence-electron chi connectivity index (χ4n) is 8.48. The van der Waals surface area contributed by atoms with E-state index < -0.39 is 127 Å². The lowest BCUT2D eigenvalue weighted by Gasteiger charge is -2.29. The van der Waals surface area contributed by atoms with Gasteiger partial charge in [0.15, 0.2) is 5.96 Å². The van der Waals surface area contributed by atoms with E-state index in [9.17, 15) is 58.2 Å². The summed E-state index contributed by atoms with van der Waals surface area (Å²) in [6, 6.07) is 7.68. The molecular formula is C52H81N15O12. The number of carboxylic acids is 1. The zero-order chi connectivity index (χ0) is 58.4. The molecule has 9 atom stereocenters. The second kappa shape index (κ2) is 34.9. The van der Waals surface area contributed by atoms with E-state index >= 15 is 0 Å². The molecule has 20 N–H and O–H groups in total. The number of nitrogens with zero attached hydrogens (tertiary/aromatic N) is 2. The molecule has 9 amide bonds. The van der Waals surface area contributed by atoms with Gasteiger partial charge in [-0.3, -0.25) is 48.1 Å². The van der Waals surface area contributed by atoms with Crippen molar-refractivity contribution in [1.29, 1.82) is 0 Å². The van der Waals surface area contributed by atoms with Crippen LogP contribution < -0.4 is 71.2 Å². The maximum absolute atomic E-state index is 14.2. The van der Waals surface area contributed by atoms with Gasteiger partial charge in [0.25, 0.3) is 0 Å². The number of carboxylic acid groups (broad SMARTS) is 1. The van der Waals surface area contributed by atoms with E-state index in [0.29, 0.717) is 37.7 Å². The van der Waals surface area contributed by atoms with E-state index in [1.165, 1.54) is 18.7 Å². The number of guanidine groups is 1. The molecule has 0 radical (unpaired) electrons. The minimum absolute atomic E-state index is 0.000647. The summed E-state index contributed by atoms with van der Waals surface area (Å²) < 4.78 is 0. The number of aliphatic carboxylic acids is 1. The number of unbranched alkanes of at least 4 members (excludes halogenated alkanes) is 2. The SMILES string of the molecule is C[C@H](NC(=O)CNC(=O)[C@@H](N)Cc1ccccc1)C(=O)N[C@H](C(=O)N[C@@H](CCCCN)C(=O)NCC(=O)N[C@@H](CCCCN)C(=O)N[C@@H](CCCN=C(N)N)C(=O)N[C@@H](Cc1ccccc1)C(=O)N1CCC[C@H]1C(=O)O)[C@@H](C)O. The third-order valence-corrected chi connectivity index (χ3v) is 12.8. The Labute approximate surface area is 459 Å². The van der Waals surface area contributed by atoms with Crippen LogP contribution >= 0.6 is 0 Å². The zero-order valence-corrected chi connectivity index (χ0v) is 45.0. The Bertz CT molecular complexity index is 2360. The van der Waals surface area contributed by atoms with Crippen LogP contribution in [0.25, 0.3) is 0 Å². The van der Waals surface area contributed by atoms with Gasteiger partial charge in [0.05, 0.1) is 25.2 Å². The number of hydrogen-bond acceptors (Lipinski definition) is 15. The number of amides is 9. The largest absolute Gasteiger partial charge is 0.480 e. The fourth-order valence-corrected chi connectivity index (χ4v) is 8.48. The quantitative estimate of drug-likeness (QED) is 0.0176. The van der Waals surface area contributed by atoms with Crippen LogP contribution in [0.3, 0.4) is 0 Å². The summed E-state index contributed by atoms with van der Waals surface area (Å²) in [6.07, 6.45) is 1.14. The Kier molecular flexibility index (Phi) is 29.0. The molecule has 1 aliphatic rings. The number of aliphatic hydroxyl groups is 1. The summed E-state index contributed by atoms with van der Waals surface area (Å²) in [5, 5.41) is 40.6. The summed E-state index contributed by atoms with van der Waals surface area (Å²) in [6.45, 7) is 2.04. The first-order valence-electron chi connectivity index (χ1n) is 26.5. The summed E-state index contributed by atoms with van der Waals surface area (Å²) in [5.74, 6) is -8.48. The van der Waals surface area contributed by atoms with E-state index in [2.05, 4.69) is 47.5 Å². The highest BCUT2D eigenvalue weighted by molar-refractivity contribution is 5.98. The monoisotopic (exact) mass is 1110 g/mol. The molecule has 27 heteroatoms. The van der Waals surface area contributed by atoms with Crippen LogP contribution in [-0.4, -0.2) is 174 Å². The van der Waals surface area contributed by atoms with Crippen molar-refractivity contribution in [3.05, 3.63) is 71.8 Å². The topological polar surface area (TPSA) is 453 Å². The van der Waals surface area contributed by atoms with Crippen molar-refractivity contribution in [2.75, 3.05) is 39.3 Å². The average Bonchev–Trinajstić information content (AvgIpc) is 3.94. The molecule has 1 saturated heterocycles. The minimum Gasteiger partial charge on any atom is -0.480 e. The van der Waals surface area contributed by atoms with Gasteiger partial charge in [0.2, 0.25) is 53.2 Å². The van der Waals surface area contributed by atoms with Crippen LogP contribution in [0.4, 0.5) is 0 Å². The molecule has 0 unspecified atom stereocenters. The third kappa shape index (κ3) is 23.8. The number of carbonyl (C=O) groups is 10. The predicted molar refractivity (Wildman–Crippen MR) is 291 cm³/mol. The molecule has 436 valence electrons. The standard InChI is InChI=1S/C52H81N15O12/c1-31(61-41(69)29-59-45(72)35(55)27-33-15-5-3-6-16-33)44(71)66-43(32(2)68)49(76)64-36(19-9-11-23-53)46(73)60-30-42(70)62-37(20-10-12-24-54)47(74)63-38(21-13-25-58-52(56)57)48(75)65-39(28-34-17-7-4-8-18-34)50(77)67-26-14-22-40(67)51(78)79/h3-8,15-18,31-32,35-40,43,68H,9-14,19-30,53-55H2,1-2H3,(H,59,72)(H,60,73)(H,61,69)(H,62,70)(H,63,74)(H,64,76)(H,65,75)(H,66,71)(H,78,79)(H4,56,57,58)/t31-,32+,35-,36-,37-,38-,39-,40-,43-/m0/s1.